The molecule has 6 nitrogen and oxygen atoms in total. The van der Waals surface area contributed by atoms with Crippen molar-refractivity contribution in [1.82, 2.24) is 10.2 Å². The predicted molar refractivity (Wildman–Crippen MR) is 127 cm³/mol. The van der Waals surface area contributed by atoms with E-state index in [1.54, 1.807) is 43.2 Å². The van der Waals surface area contributed by atoms with E-state index in [4.69, 9.17) is 21.1 Å². The summed E-state index contributed by atoms with van der Waals surface area (Å²) < 4.78 is 10.9. The fourth-order valence-electron chi connectivity index (χ4n) is 3.07. The van der Waals surface area contributed by atoms with Crippen molar-refractivity contribution in [3.05, 3.63) is 59.1 Å². The second kappa shape index (κ2) is 11.8. The van der Waals surface area contributed by atoms with Gasteiger partial charge in [-0.2, -0.15) is 0 Å². The average molecular weight is 461 g/mol. The zero-order valence-corrected chi connectivity index (χ0v) is 20.2. The van der Waals surface area contributed by atoms with E-state index in [1.165, 1.54) is 0 Å². The number of hydrogen-bond donors (Lipinski definition) is 1. The molecule has 2 amide bonds. The maximum absolute atomic E-state index is 13.1. The van der Waals surface area contributed by atoms with Gasteiger partial charge in [-0.15, -0.1) is 0 Å². The first-order valence-corrected chi connectivity index (χ1v) is 11.1. The highest BCUT2D eigenvalue weighted by Crippen LogP contribution is 2.18. The van der Waals surface area contributed by atoms with Crippen molar-refractivity contribution in [2.24, 2.45) is 0 Å². The van der Waals surface area contributed by atoms with Gasteiger partial charge < -0.3 is 19.7 Å². The number of halogens is 1. The quantitative estimate of drug-likeness (QED) is 0.515. The summed E-state index contributed by atoms with van der Waals surface area (Å²) in [6.07, 6.45) is 0.811. The lowest BCUT2D eigenvalue weighted by molar-refractivity contribution is -0.141. The first-order chi connectivity index (χ1) is 15.1. The summed E-state index contributed by atoms with van der Waals surface area (Å²) in [5.41, 5.74) is 0.541. The van der Waals surface area contributed by atoms with Gasteiger partial charge in [-0.25, -0.2) is 0 Å². The van der Waals surface area contributed by atoms with E-state index in [-0.39, 0.29) is 23.8 Å². The zero-order chi connectivity index (χ0) is 23.7. The van der Waals surface area contributed by atoms with Crippen LogP contribution in [0.5, 0.6) is 11.5 Å². The number of ether oxygens (including phenoxy) is 2. The maximum Gasteiger partial charge on any atom is 0.242 e. The molecule has 0 spiro atoms. The summed E-state index contributed by atoms with van der Waals surface area (Å²) in [5.74, 6) is 1.16. The Hall–Kier alpha value is -2.73. The zero-order valence-electron chi connectivity index (χ0n) is 19.5. The number of hydrogen-bond acceptors (Lipinski definition) is 4. The third-order valence-corrected chi connectivity index (χ3v) is 5.05. The van der Waals surface area contributed by atoms with Crippen molar-refractivity contribution in [3.63, 3.8) is 0 Å². The summed E-state index contributed by atoms with van der Waals surface area (Å²) in [6.45, 7) is 8.24. The van der Waals surface area contributed by atoms with E-state index in [2.05, 4.69) is 5.32 Å². The van der Waals surface area contributed by atoms with E-state index >= 15 is 0 Å². The van der Waals surface area contributed by atoms with Gasteiger partial charge in [0.25, 0.3) is 0 Å². The smallest absolute Gasteiger partial charge is 0.242 e. The number of nitrogens with zero attached hydrogens (tertiary/aromatic N) is 1. The van der Waals surface area contributed by atoms with Gasteiger partial charge in [0, 0.05) is 23.5 Å². The molecule has 0 radical (unpaired) electrons. The molecule has 0 heterocycles. The molecule has 0 aromatic heterocycles. The van der Waals surface area contributed by atoms with Crippen LogP contribution in [0.3, 0.4) is 0 Å². The Bertz CT molecular complexity index is 876. The molecule has 0 fully saturated rings. The maximum atomic E-state index is 13.1. The first kappa shape index (κ1) is 25.5. The third-order valence-electron chi connectivity index (χ3n) is 4.79. The summed E-state index contributed by atoms with van der Waals surface area (Å²) in [4.78, 5) is 27.5. The summed E-state index contributed by atoms with van der Waals surface area (Å²) in [6, 6.07) is 14.0. The number of nitrogens with one attached hydrogen (secondary N) is 1. The number of benzene rings is 2. The topological polar surface area (TPSA) is 67.9 Å². The van der Waals surface area contributed by atoms with Crippen molar-refractivity contribution < 1.29 is 19.1 Å². The van der Waals surface area contributed by atoms with Crippen molar-refractivity contribution >= 4 is 23.4 Å². The number of amides is 2. The third kappa shape index (κ3) is 8.42. The minimum absolute atomic E-state index is 0.0999. The van der Waals surface area contributed by atoms with Crippen molar-refractivity contribution in [2.45, 2.75) is 58.7 Å². The van der Waals surface area contributed by atoms with E-state index in [0.29, 0.717) is 30.3 Å². The highest BCUT2D eigenvalue weighted by Gasteiger charge is 2.28. The van der Waals surface area contributed by atoms with Crippen LogP contribution in [-0.4, -0.2) is 42.0 Å². The van der Waals surface area contributed by atoms with E-state index in [9.17, 15) is 9.59 Å². The summed E-state index contributed by atoms with van der Waals surface area (Å²) in [7, 11) is 1.61. The van der Waals surface area contributed by atoms with E-state index < -0.39 is 6.04 Å². The van der Waals surface area contributed by atoms with Gasteiger partial charge >= 0.3 is 0 Å². The highest BCUT2D eigenvalue weighted by atomic mass is 35.5. The minimum Gasteiger partial charge on any atom is -0.497 e. The lowest BCUT2D eigenvalue weighted by Crippen LogP contribution is -2.52. The van der Waals surface area contributed by atoms with Crippen LogP contribution >= 0.6 is 11.6 Å². The normalized spacial score (nSPS) is 12.1. The Morgan fingerprint density at radius 1 is 1.03 bits per heavy atom. The molecule has 0 saturated carbocycles. The van der Waals surface area contributed by atoms with Gasteiger partial charge in [0.1, 0.15) is 17.5 Å². The molecule has 174 valence electrons. The molecule has 0 bridgehead atoms. The van der Waals surface area contributed by atoms with Crippen LogP contribution in [-0.2, 0) is 16.1 Å². The predicted octanol–water partition coefficient (Wildman–Crippen LogP) is 4.84. The fraction of sp³-hybridized carbons (Fsp3) is 0.440. The molecule has 0 aliphatic carbocycles. The molecule has 1 N–H and O–H groups in total. The lowest BCUT2D eigenvalue weighted by Gasteiger charge is -2.31. The van der Waals surface area contributed by atoms with Crippen molar-refractivity contribution in [1.29, 1.82) is 0 Å². The molecule has 0 aliphatic heterocycles. The van der Waals surface area contributed by atoms with Crippen LogP contribution in [0.15, 0.2) is 48.5 Å². The standard InChI is InChI=1S/C25H33ClN2O4/c1-18(24(30)27-25(2,3)4)28(17-19-8-12-21(31-5)13-9-19)23(29)7-6-16-32-22-14-10-20(26)11-15-22/h8-15,18H,6-7,16-17H2,1-5H3,(H,27,30). The first-order valence-electron chi connectivity index (χ1n) is 10.7. The van der Waals surface area contributed by atoms with Crippen LogP contribution in [0.4, 0.5) is 0 Å². The number of rotatable bonds is 10. The average Bonchev–Trinajstić information content (AvgIpc) is 2.75. The molecule has 32 heavy (non-hydrogen) atoms. The van der Waals surface area contributed by atoms with Gasteiger partial charge in [-0.05, 0) is 76.1 Å². The molecule has 1 unspecified atom stereocenters. The molecular weight excluding hydrogens is 428 g/mol. The van der Waals surface area contributed by atoms with Crippen LogP contribution in [0, 0.1) is 0 Å². The number of methoxy groups -OCH3 is 1. The minimum atomic E-state index is -0.610. The van der Waals surface area contributed by atoms with Gasteiger partial charge in [0.05, 0.1) is 13.7 Å². The SMILES string of the molecule is COc1ccc(CN(C(=O)CCCOc2ccc(Cl)cc2)C(C)C(=O)NC(C)(C)C)cc1. The molecular formula is C25H33ClN2O4. The number of carbonyl (C=O) groups is 2. The lowest BCUT2D eigenvalue weighted by atomic mass is 10.1. The van der Waals surface area contributed by atoms with Crippen molar-refractivity contribution in [2.75, 3.05) is 13.7 Å². The Kier molecular flexibility index (Phi) is 9.39. The van der Waals surface area contributed by atoms with Crippen LogP contribution in [0.2, 0.25) is 5.02 Å². The van der Waals surface area contributed by atoms with Crippen molar-refractivity contribution in [3.8, 4) is 11.5 Å². The molecule has 1 atom stereocenters. The molecule has 2 rings (SSSR count). The Balaban J connectivity index is 2.03. The van der Waals surface area contributed by atoms with Gasteiger partial charge in [-0.3, -0.25) is 9.59 Å². The summed E-state index contributed by atoms with van der Waals surface area (Å²) in [5, 5.41) is 3.61. The largest absolute Gasteiger partial charge is 0.497 e. The molecule has 7 heteroatoms. The van der Waals surface area contributed by atoms with E-state index in [1.807, 2.05) is 45.0 Å². The second-order valence-electron chi connectivity index (χ2n) is 8.69. The molecule has 2 aromatic rings. The van der Waals surface area contributed by atoms with Gasteiger partial charge in [0.2, 0.25) is 11.8 Å². The summed E-state index contributed by atoms with van der Waals surface area (Å²) >= 11 is 5.88. The molecule has 0 saturated heterocycles. The number of carbonyl (C=O) groups excluding carboxylic acids is 2. The van der Waals surface area contributed by atoms with Crippen LogP contribution in [0.25, 0.3) is 0 Å². The van der Waals surface area contributed by atoms with Gasteiger partial charge in [-0.1, -0.05) is 23.7 Å². The Labute approximate surface area is 195 Å². The Morgan fingerprint density at radius 3 is 2.19 bits per heavy atom. The second-order valence-corrected chi connectivity index (χ2v) is 9.13. The Morgan fingerprint density at radius 2 is 1.62 bits per heavy atom. The molecule has 0 aliphatic rings. The van der Waals surface area contributed by atoms with Crippen LogP contribution in [0.1, 0.15) is 46.1 Å². The van der Waals surface area contributed by atoms with E-state index in [0.717, 1.165) is 11.3 Å². The van der Waals surface area contributed by atoms with Gasteiger partial charge in [0.15, 0.2) is 0 Å². The fourth-order valence-corrected chi connectivity index (χ4v) is 3.20. The highest BCUT2D eigenvalue weighted by molar-refractivity contribution is 6.30. The monoisotopic (exact) mass is 460 g/mol. The molecule has 2 aromatic carbocycles. The van der Waals surface area contributed by atoms with Crippen LogP contribution < -0.4 is 14.8 Å².